The van der Waals surface area contributed by atoms with Gasteiger partial charge in [0, 0.05) is 11.4 Å². The van der Waals surface area contributed by atoms with E-state index in [-0.39, 0.29) is 11.7 Å². The molecule has 0 bridgehead atoms. The molecule has 6 heteroatoms. The molecule has 4 rings (SSSR count). The lowest BCUT2D eigenvalue weighted by atomic mass is 10.2. The van der Waals surface area contributed by atoms with Crippen molar-refractivity contribution in [3.63, 3.8) is 0 Å². The van der Waals surface area contributed by atoms with E-state index in [4.69, 9.17) is 0 Å². The number of anilines is 2. The number of carbonyl (C=O) groups is 1. The molecule has 0 unspecified atom stereocenters. The number of hydrogen-bond acceptors (Lipinski definition) is 5. The van der Waals surface area contributed by atoms with Crippen LogP contribution in [0.3, 0.4) is 0 Å². The van der Waals surface area contributed by atoms with E-state index < -0.39 is 0 Å². The van der Waals surface area contributed by atoms with E-state index in [1.54, 1.807) is 30.3 Å². The number of phenols is 1. The molecular formula is C22H17N3O2S. The Morgan fingerprint density at radius 2 is 1.57 bits per heavy atom. The van der Waals surface area contributed by atoms with Gasteiger partial charge in [0.1, 0.15) is 5.75 Å². The first-order chi connectivity index (χ1) is 13.7. The van der Waals surface area contributed by atoms with Crippen molar-refractivity contribution in [2.45, 2.75) is 0 Å². The first-order valence-electron chi connectivity index (χ1n) is 8.66. The minimum absolute atomic E-state index is 0.181. The van der Waals surface area contributed by atoms with Crippen molar-refractivity contribution in [2.75, 3.05) is 5.32 Å². The summed E-state index contributed by atoms with van der Waals surface area (Å²) in [5.41, 5.74) is 3.58. The average molecular weight is 387 g/mol. The molecule has 0 radical (unpaired) electrons. The number of para-hydroxylation sites is 1. The molecule has 1 aliphatic rings. The predicted octanol–water partition coefficient (Wildman–Crippen LogP) is 5.03. The lowest BCUT2D eigenvalue weighted by molar-refractivity contribution is -0.115. The van der Waals surface area contributed by atoms with Crippen LogP contribution in [0.15, 0.2) is 88.8 Å². The van der Waals surface area contributed by atoms with Crippen molar-refractivity contribution < 1.29 is 9.90 Å². The van der Waals surface area contributed by atoms with Crippen LogP contribution < -0.4 is 10.6 Å². The van der Waals surface area contributed by atoms with E-state index in [2.05, 4.69) is 15.6 Å². The first kappa shape index (κ1) is 17.9. The normalized spacial score (nSPS) is 16.4. The van der Waals surface area contributed by atoms with Gasteiger partial charge in [-0.1, -0.05) is 30.3 Å². The number of hydrogen-bond donors (Lipinski definition) is 3. The summed E-state index contributed by atoms with van der Waals surface area (Å²) in [4.78, 5) is 17.2. The number of thioether (sulfide) groups is 1. The third kappa shape index (κ3) is 4.42. The maximum Gasteiger partial charge on any atom is 0.264 e. The monoisotopic (exact) mass is 387 g/mol. The van der Waals surface area contributed by atoms with Crippen molar-refractivity contribution in [1.82, 2.24) is 5.32 Å². The van der Waals surface area contributed by atoms with Gasteiger partial charge in [0.2, 0.25) is 0 Å². The van der Waals surface area contributed by atoms with Crippen LogP contribution >= 0.6 is 11.8 Å². The Hall–Kier alpha value is -3.51. The smallest absolute Gasteiger partial charge is 0.264 e. The number of aromatic hydroxyl groups is 1. The molecule has 3 aromatic rings. The van der Waals surface area contributed by atoms with Gasteiger partial charge in [-0.25, -0.2) is 4.99 Å². The zero-order chi connectivity index (χ0) is 19.3. The molecule has 0 atom stereocenters. The highest BCUT2D eigenvalue weighted by molar-refractivity contribution is 8.18. The number of nitrogens with zero attached hydrogens (tertiary/aromatic N) is 1. The summed E-state index contributed by atoms with van der Waals surface area (Å²) in [5.74, 6) is 0.0114. The van der Waals surface area contributed by atoms with E-state index in [9.17, 15) is 9.90 Å². The highest BCUT2D eigenvalue weighted by Gasteiger charge is 2.23. The molecular weight excluding hydrogens is 370 g/mol. The number of benzene rings is 3. The van der Waals surface area contributed by atoms with Crippen molar-refractivity contribution in [3.8, 4) is 5.75 Å². The number of nitrogens with one attached hydrogen (secondary N) is 2. The number of amidine groups is 1. The Balaban J connectivity index is 1.45. The first-order valence-corrected chi connectivity index (χ1v) is 9.48. The Labute approximate surface area is 166 Å². The Morgan fingerprint density at radius 3 is 2.29 bits per heavy atom. The number of phenolic OH excluding ortho intramolecular Hbond substituents is 1. The molecule has 1 heterocycles. The van der Waals surface area contributed by atoms with Gasteiger partial charge in [-0.3, -0.25) is 4.79 Å². The van der Waals surface area contributed by atoms with Gasteiger partial charge in [0.25, 0.3) is 5.91 Å². The lowest BCUT2D eigenvalue weighted by Gasteiger charge is -2.06. The molecule has 0 aromatic heterocycles. The second kappa shape index (κ2) is 8.02. The third-order valence-electron chi connectivity index (χ3n) is 4.00. The largest absolute Gasteiger partial charge is 0.508 e. The topological polar surface area (TPSA) is 73.7 Å². The van der Waals surface area contributed by atoms with Crippen LogP contribution in [0.2, 0.25) is 0 Å². The molecule has 1 amide bonds. The summed E-state index contributed by atoms with van der Waals surface area (Å²) >= 11 is 1.29. The zero-order valence-electron chi connectivity index (χ0n) is 14.8. The molecule has 5 nitrogen and oxygen atoms in total. The Morgan fingerprint density at radius 1 is 0.893 bits per heavy atom. The number of aliphatic imine (C=N–C) groups is 1. The fraction of sp³-hybridized carbons (Fsp3) is 0. The van der Waals surface area contributed by atoms with Crippen molar-refractivity contribution >= 4 is 46.0 Å². The van der Waals surface area contributed by atoms with Crippen molar-refractivity contribution in [2.24, 2.45) is 4.99 Å². The minimum atomic E-state index is -0.181. The summed E-state index contributed by atoms with van der Waals surface area (Å²) in [6, 6.07) is 24.3. The third-order valence-corrected chi connectivity index (χ3v) is 4.91. The molecule has 1 fully saturated rings. The summed E-state index contributed by atoms with van der Waals surface area (Å²) in [6.45, 7) is 0. The molecule has 0 spiro atoms. The van der Waals surface area contributed by atoms with Gasteiger partial charge >= 0.3 is 0 Å². The second-order valence-corrected chi connectivity index (χ2v) is 7.14. The summed E-state index contributed by atoms with van der Waals surface area (Å²) in [6.07, 6.45) is 1.77. The molecule has 3 N–H and O–H groups in total. The number of amides is 1. The maximum absolute atomic E-state index is 12.2. The van der Waals surface area contributed by atoms with Crippen LogP contribution in [0, 0.1) is 0 Å². The number of carbonyl (C=O) groups excluding carboxylic acids is 1. The van der Waals surface area contributed by atoms with Gasteiger partial charge in [-0.05, 0) is 71.9 Å². The molecule has 3 aromatic carbocycles. The van der Waals surface area contributed by atoms with E-state index in [1.807, 2.05) is 54.6 Å². The van der Waals surface area contributed by atoms with Gasteiger partial charge in [-0.2, -0.15) is 0 Å². The van der Waals surface area contributed by atoms with Crippen LogP contribution in [0.1, 0.15) is 5.56 Å². The van der Waals surface area contributed by atoms with E-state index in [0.717, 1.165) is 22.6 Å². The van der Waals surface area contributed by atoms with Crippen molar-refractivity contribution in [3.05, 3.63) is 89.3 Å². The fourth-order valence-corrected chi connectivity index (χ4v) is 3.47. The second-order valence-electron chi connectivity index (χ2n) is 6.11. The molecule has 0 aliphatic carbocycles. The Bertz CT molecular complexity index is 1040. The van der Waals surface area contributed by atoms with Crippen LogP contribution in [0.25, 0.3) is 6.08 Å². The molecule has 1 aliphatic heterocycles. The molecule has 0 saturated carbocycles. The highest BCUT2D eigenvalue weighted by Crippen LogP contribution is 2.29. The number of rotatable bonds is 4. The van der Waals surface area contributed by atoms with Crippen LogP contribution in [-0.2, 0) is 4.79 Å². The van der Waals surface area contributed by atoms with Crippen LogP contribution in [0.4, 0.5) is 17.1 Å². The quantitative estimate of drug-likeness (QED) is 0.549. The minimum Gasteiger partial charge on any atom is -0.508 e. The van der Waals surface area contributed by atoms with Gasteiger partial charge in [0.05, 0.1) is 10.6 Å². The van der Waals surface area contributed by atoms with E-state index in [1.165, 1.54) is 11.8 Å². The average Bonchev–Trinajstić information content (AvgIpc) is 3.05. The summed E-state index contributed by atoms with van der Waals surface area (Å²) in [7, 11) is 0. The summed E-state index contributed by atoms with van der Waals surface area (Å²) in [5, 5.41) is 16.0. The standard InChI is InChI=1S/C22H17N3O2S/c26-19-12-6-15(7-13-19)14-20-21(27)25-22(28-20)24-18-10-8-17(9-11-18)23-16-4-2-1-3-5-16/h1-14,23,26H,(H,24,25,27)/b20-14-. The predicted molar refractivity (Wildman–Crippen MR) is 115 cm³/mol. The highest BCUT2D eigenvalue weighted by atomic mass is 32.2. The molecule has 138 valence electrons. The van der Waals surface area contributed by atoms with Crippen LogP contribution in [-0.4, -0.2) is 16.2 Å². The fourth-order valence-electron chi connectivity index (χ4n) is 2.63. The van der Waals surface area contributed by atoms with Gasteiger partial charge < -0.3 is 15.7 Å². The molecule has 28 heavy (non-hydrogen) atoms. The summed E-state index contributed by atoms with van der Waals surface area (Å²) < 4.78 is 0. The Kier molecular flexibility index (Phi) is 5.12. The van der Waals surface area contributed by atoms with Gasteiger partial charge in [-0.15, -0.1) is 0 Å². The van der Waals surface area contributed by atoms with Gasteiger partial charge in [0.15, 0.2) is 5.17 Å². The van der Waals surface area contributed by atoms with Crippen molar-refractivity contribution in [1.29, 1.82) is 0 Å². The maximum atomic E-state index is 12.2. The van der Waals surface area contributed by atoms with E-state index in [0.29, 0.717) is 10.1 Å². The van der Waals surface area contributed by atoms with E-state index >= 15 is 0 Å². The SMILES string of the molecule is O=C1NC(=Nc2ccc(Nc3ccccc3)cc2)S/C1=C\c1ccc(O)cc1. The molecule has 1 saturated heterocycles. The zero-order valence-corrected chi connectivity index (χ0v) is 15.6. The lowest BCUT2D eigenvalue weighted by Crippen LogP contribution is -2.19. The van der Waals surface area contributed by atoms with Crippen LogP contribution in [0.5, 0.6) is 5.75 Å².